The molecule has 7 heteroatoms. The first kappa shape index (κ1) is 22.0. The topological polar surface area (TPSA) is 54.1 Å². The molecule has 1 saturated carbocycles. The van der Waals surface area contributed by atoms with Gasteiger partial charge in [-0.05, 0) is 85.4 Å². The van der Waals surface area contributed by atoms with Gasteiger partial charge in [-0.2, -0.15) is 0 Å². The zero-order valence-electron chi connectivity index (χ0n) is 18.3. The second-order valence-corrected chi connectivity index (χ2v) is 9.33. The molecule has 4 nitrogen and oxygen atoms in total. The summed E-state index contributed by atoms with van der Waals surface area (Å²) in [6.45, 7) is 2.21. The van der Waals surface area contributed by atoms with Crippen molar-refractivity contribution >= 4 is 16.8 Å². The van der Waals surface area contributed by atoms with E-state index in [9.17, 15) is 18.0 Å². The fourth-order valence-electron chi connectivity index (χ4n) is 5.09. The van der Waals surface area contributed by atoms with Crippen molar-refractivity contribution in [2.45, 2.75) is 32.1 Å². The Kier molecular flexibility index (Phi) is 6.15. The highest BCUT2D eigenvalue weighted by molar-refractivity contribution is 5.91. The zero-order valence-corrected chi connectivity index (χ0v) is 18.3. The van der Waals surface area contributed by atoms with Gasteiger partial charge in [0.05, 0.1) is 5.52 Å². The van der Waals surface area contributed by atoms with Crippen LogP contribution in [0.4, 0.5) is 13.2 Å². The van der Waals surface area contributed by atoms with E-state index in [1.54, 1.807) is 12.1 Å². The van der Waals surface area contributed by atoms with Crippen molar-refractivity contribution in [3.8, 4) is 11.3 Å². The van der Waals surface area contributed by atoms with E-state index in [0.29, 0.717) is 35.5 Å². The molecule has 33 heavy (non-hydrogen) atoms. The molecule has 2 fully saturated rings. The Morgan fingerprint density at radius 3 is 2.45 bits per heavy atom. The van der Waals surface area contributed by atoms with E-state index in [1.165, 1.54) is 18.2 Å². The van der Waals surface area contributed by atoms with Gasteiger partial charge in [0, 0.05) is 42.8 Å². The summed E-state index contributed by atoms with van der Waals surface area (Å²) in [5.74, 6) is -0.859. The number of amides is 1. The number of aromatic amines is 1. The normalized spacial score (nSPS) is 21.2. The standard InChI is InChI=1S/C26H27F3N2O2/c27-19-3-1-17(2-4-19)24-21(22-12-20(28)13-23(29)25(22)31-24)11-16-9-18(10-16)26(32)30-14-15-5-7-33-8-6-15/h1-4,12-13,15-16,18,31H,5-11,14H2,(H,30,32). The van der Waals surface area contributed by atoms with Crippen molar-refractivity contribution in [1.29, 1.82) is 0 Å². The van der Waals surface area contributed by atoms with Gasteiger partial charge >= 0.3 is 0 Å². The summed E-state index contributed by atoms with van der Waals surface area (Å²) in [5.41, 5.74) is 2.44. The maximum Gasteiger partial charge on any atom is 0.223 e. The molecule has 2 aromatic carbocycles. The van der Waals surface area contributed by atoms with Crippen molar-refractivity contribution in [2.24, 2.45) is 17.8 Å². The second kappa shape index (κ2) is 9.21. The van der Waals surface area contributed by atoms with E-state index >= 15 is 0 Å². The molecular formula is C26H27F3N2O2. The molecule has 1 aliphatic carbocycles. The van der Waals surface area contributed by atoms with Gasteiger partial charge in [-0.3, -0.25) is 4.79 Å². The molecule has 0 bridgehead atoms. The highest BCUT2D eigenvalue weighted by Gasteiger charge is 2.35. The number of carbonyl (C=O) groups excluding carboxylic acids is 1. The van der Waals surface area contributed by atoms with E-state index in [4.69, 9.17) is 4.74 Å². The SMILES string of the molecule is O=C(NCC1CCOCC1)C1CC(Cc2c(-c3ccc(F)cc3)[nH]c3c(F)cc(F)cc23)C1. The number of ether oxygens (including phenoxy) is 1. The molecule has 1 saturated heterocycles. The van der Waals surface area contributed by atoms with Gasteiger partial charge in [-0.15, -0.1) is 0 Å². The van der Waals surface area contributed by atoms with Crippen molar-refractivity contribution < 1.29 is 22.7 Å². The molecule has 1 aliphatic heterocycles. The van der Waals surface area contributed by atoms with Crippen LogP contribution in [0.5, 0.6) is 0 Å². The van der Waals surface area contributed by atoms with Gasteiger partial charge in [0.25, 0.3) is 0 Å². The molecule has 2 N–H and O–H groups in total. The van der Waals surface area contributed by atoms with Crippen molar-refractivity contribution in [2.75, 3.05) is 19.8 Å². The first-order valence-corrected chi connectivity index (χ1v) is 11.6. The van der Waals surface area contributed by atoms with Crippen LogP contribution < -0.4 is 5.32 Å². The fourth-order valence-corrected chi connectivity index (χ4v) is 5.09. The average molecular weight is 457 g/mol. The Labute approximate surface area is 190 Å². The van der Waals surface area contributed by atoms with Gasteiger partial charge in [-0.25, -0.2) is 13.2 Å². The van der Waals surface area contributed by atoms with Crippen molar-refractivity contribution in [3.05, 3.63) is 59.4 Å². The second-order valence-electron chi connectivity index (χ2n) is 9.33. The first-order valence-electron chi connectivity index (χ1n) is 11.6. The van der Waals surface area contributed by atoms with Gasteiger partial charge < -0.3 is 15.0 Å². The average Bonchev–Trinajstić information content (AvgIpc) is 3.14. The van der Waals surface area contributed by atoms with E-state index in [0.717, 1.165) is 50.5 Å². The monoisotopic (exact) mass is 456 g/mol. The number of halogens is 3. The highest BCUT2D eigenvalue weighted by Crippen LogP contribution is 2.41. The quantitative estimate of drug-likeness (QED) is 0.525. The summed E-state index contributed by atoms with van der Waals surface area (Å²) in [4.78, 5) is 15.6. The van der Waals surface area contributed by atoms with Crippen LogP contribution in [0.3, 0.4) is 0 Å². The van der Waals surface area contributed by atoms with Crippen molar-refractivity contribution in [3.63, 3.8) is 0 Å². The number of carbonyl (C=O) groups is 1. The van der Waals surface area contributed by atoms with E-state index in [1.807, 2.05) is 0 Å². The smallest absolute Gasteiger partial charge is 0.223 e. The third-order valence-corrected chi connectivity index (χ3v) is 7.07. The summed E-state index contributed by atoms with van der Waals surface area (Å²) in [6.07, 6.45) is 4.04. The number of nitrogens with one attached hydrogen (secondary N) is 2. The third kappa shape index (κ3) is 4.64. The Morgan fingerprint density at radius 2 is 1.73 bits per heavy atom. The molecule has 2 aliphatic rings. The molecule has 1 amide bonds. The van der Waals surface area contributed by atoms with Crippen molar-refractivity contribution in [1.82, 2.24) is 10.3 Å². The number of hydrogen-bond acceptors (Lipinski definition) is 2. The summed E-state index contributed by atoms with van der Waals surface area (Å²) < 4.78 is 47.3. The minimum Gasteiger partial charge on any atom is -0.381 e. The summed E-state index contributed by atoms with van der Waals surface area (Å²) in [6, 6.07) is 8.16. The van der Waals surface area contributed by atoms with Crippen LogP contribution in [-0.2, 0) is 16.0 Å². The molecule has 0 spiro atoms. The van der Waals surface area contributed by atoms with Gasteiger partial charge in [0.2, 0.25) is 5.91 Å². The Morgan fingerprint density at radius 1 is 1.00 bits per heavy atom. The third-order valence-electron chi connectivity index (χ3n) is 7.07. The van der Waals surface area contributed by atoms with Crippen LogP contribution in [0.1, 0.15) is 31.2 Å². The van der Waals surface area contributed by atoms with E-state index in [2.05, 4.69) is 10.3 Å². The number of hydrogen-bond donors (Lipinski definition) is 2. The molecule has 0 atom stereocenters. The molecule has 2 heterocycles. The highest BCUT2D eigenvalue weighted by atomic mass is 19.1. The predicted molar refractivity (Wildman–Crippen MR) is 120 cm³/mol. The fraction of sp³-hybridized carbons (Fsp3) is 0.423. The van der Waals surface area contributed by atoms with Gasteiger partial charge in [0.15, 0.2) is 0 Å². The minimum atomic E-state index is -0.654. The lowest BCUT2D eigenvalue weighted by Gasteiger charge is -2.35. The number of H-pyrrole nitrogens is 1. The van der Waals surface area contributed by atoms with E-state index in [-0.39, 0.29) is 29.1 Å². The molecule has 174 valence electrons. The number of aromatic nitrogens is 1. The Hall–Kier alpha value is -2.80. The van der Waals surface area contributed by atoms with Crippen LogP contribution >= 0.6 is 0 Å². The number of benzene rings is 2. The van der Waals surface area contributed by atoms with Crippen LogP contribution in [0.25, 0.3) is 22.2 Å². The number of rotatable bonds is 6. The molecule has 1 aromatic heterocycles. The Bertz CT molecular complexity index is 1150. The molecule has 5 rings (SSSR count). The Balaban J connectivity index is 1.30. The van der Waals surface area contributed by atoms with Crippen LogP contribution in [0, 0.1) is 35.2 Å². The minimum absolute atomic E-state index is 0.0252. The van der Waals surface area contributed by atoms with E-state index < -0.39 is 11.6 Å². The summed E-state index contributed by atoms with van der Waals surface area (Å²) in [7, 11) is 0. The molecule has 0 unspecified atom stereocenters. The maximum atomic E-state index is 14.5. The zero-order chi connectivity index (χ0) is 22.9. The maximum absolute atomic E-state index is 14.5. The lowest BCUT2D eigenvalue weighted by Crippen LogP contribution is -2.41. The summed E-state index contributed by atoms with van der Waals surface area (Å²) in [5, 5.41) is 3.58. The lowest BCUT2D eigenvalue weighted by molar-refractivity contribution is -0.129. The predicted octanol–water partition coefficient (Wildman–Crippen LogP) is 5.36. The summed E-state index contributed by atoms with van der Waals surface area (Å²) >= 11 is 0. The van der Waals surface area contributed by atoms with Crippen LogP contribution in [0.15, 0.2) is 36.4 Å². The van der Waals surface area contributed by atoms with Gasteiger partial charge in [-0.1, -0.05) is 0 Å². The van der Waals surface area contributed by atoms with Crippen LogP contribution in [0.2, 0.25) is 0 Å². The number of fused-ring (bicyclic) bond motifs is 1. The van der Waals surface area contributed by atoms with Gasteiger partial charge in [0.1, 0.15) is 17.5 Å². The van der Waals surface area contributed by atoms with Crippen LogP contribution in [-0.4, -0.2) is 30.6 Å². The molecular weight excluding hydrogens is 429 g/mol. The molecule has 3 aromatic rings. The first-order chi connectivity index (χ1) is 16.0. The largest absolute Gasteiger partial charge is 0.381 e. The molecule has 0 radical (unpaired) electrons. The lowest BCUT2D eigenvalue weighted by atomic mass is 9.71.